The van der Waals surface area contributed by atoms with Crippen LogP contribution in [0, 0.1) is 17.1 Å². The van der Waals surface area contributed by atoms with Crippen molar-refractivity contribution < 1.29 is 9.13 Å². The Morgan fingerprint density at radius 1 is 1.09 bits per heavy atom. The fraction of sp³-hybridized carbons (Fsp3) is 0.296. The molecule has 176 valence electrons. The van der Waals surface area contributed by atoms with Crippen LogP contribution in [0.15, 0.2) is 54.9 Å². The van der Waals surface area contributed by atoms with Gasteiger partial charge in [-0.25, -0.2) is 14.4 Å². The first kappa shape index (κ1) is 21.6. The SMILES string of the molecule is COc1ccc(-c2c(-c3ccc(C#N)cc3)nc(N3C4CCC3CC(N)C4)n3ccnc23)cc1F. The molecule has 4 heterocycles. The largest absolute Gasteiger partial charge is 0.494 e. The van der Waals surface area contributed by atoms with Crippen LogP contribution in [-0.2, 0) is 0 Å². The number of ether oxygens (including phenoxy) is 1. The van der Waals surface area contributed by atoms with Gasteiger partial charge < -0.3 is 15.4 Å². The van der Waals surface area contributed by atoms with Crippen LogP contribution < -0.4 is 15.4 Å². The van der Waals surface area contributed by atoms with Crippen molar-refractivity contribution in [3.63, 3.8) is 0 Å². The van der Waals surface area contributed by atoms with Crippen LogP contribution in [0.1, 0.15) is 31.2 Å². The summed E-state index contributed by atoms with van der Waals surface area (Å²) in [6.07, 6.45) is 7.72. The van der Waals surface area contributed by atoms with Crippen molar-refractivity contribution in [2.45, 2.75) is 43.8 Å². The van der Waals surface area contributed by atoms with Gasteiger partial charge in [0.05, 0.1) is 30.0 Å². The van der Waals surface area contributed by atoms with E-state index in [1.54, 1.807) is 24.4 Å². The van der Waals surface area contributed by atoms with Crippen LogP contribution in [0.25, 0.3) is 28.0 Å². The number of anilines is 1. The molecular weight excluding hydrogens is 443 g/mol. The quantitative estimate of drug-likeness (QED) is 0.473. The van der Waals surface area contributed by atoms with E-state index in [9.17, 15) is 9.65 Å². The van der Waals surface area contributed by atoms with Crippen LogP contribution in [0.5, 0.6) is 5.75 Å². The third kappa shape index (κ3) is 3.51. The highest BCUT2D eigenvalue weighted by molar-refractivity contribution is 5.91. The second-order valence-electron chi connectivity index (χ2n) is 9.32. The normalized spacial score (nSPS) is 21.3. The number of imidazole rings is 1. The number of nitrogens with zero attached hydrogens (tertiary/aromatic N) is 5. The van der Waals surface area contributed by atoms with Crippen molar-refractivity contribution >= 4 is 11.6 Å². The van der Waals surface area contributed by atoms with Gasteiger partial charge in [0, 0.05) is 36.1 Å². The lowest BCUT2D eigenvalue weighted by atomic mass is 9.97. The van der Waals surface area contributed by atoms with Gasteiger partial charge in [-0.1, -0.05) is 18.2 Å². The minimum Gasteiger partial charge on any atom is -0.494 e. The average molecular weight is 469 g/mol. The highest BCUT2D eigenvalue weighted by Gasteiger charge is 2.41. The highest BCUT2D eigenvalue weighted by Crippen LogP contribution is 2.42. The third-order valence-corrected chi connectivity index (χ3v) is 7.26. The summed E-state index contributed by atoms with van der Waals surface area (Å²) in [6, 6.07) is 15.3. The predicted molar refractivity (Wildman–Crippen MR) is 132 cm³/mol. The number of rotatable bonds is 4. The summed E-state index contributed by atoms with van der Waals surface area (Å²) in [5.74, 6) is 0.556. The Labute approximate surface area is 202 Å². The van der Waals surface area contributed by atoms with Gasteiger partial charge in [0.2, 0.25) is 5.95 Å². The molecule has 2 aliphatic heterocycles. The molecule has 2 bridgehead atoms. The fourth-order valence-corrected chi connectivity index (χ4v) is 5.69. The Balaban J connectivity index is 1.61. The summed E-state index contributed by atoms with van der Waals surface area (Å²) >= 11 is 0. The molecule has 7 nitrogen and oxygen atoms in total. The van der Waals surface area contributed by atoms with Crippen molar-refractivity contribution in [2.75, 3.05) is 12.0 Å². The molecule has 0 aliphatic carbocycles. The van der Waals surface area contributed by atoms with Crippen LogP contribution in [-0.4, -0.2) is 39.6 Å². The van der Waals surface area contributed by atoms with E-state index in [-0.39, 0.29) is 11.8 Å². The number of nitriles is 1. The van der Waals surface area contributed by atoms with E-state index >= 15 is 0 Å². The fourth-order valence-electron chi connectivity index (χ4n) is 5.69. The molecule has 2 aromatic heterocycles. The van der Waals surface area contributed by atoms with Crippen molar-refractivity contribution in [1.82, 2.24) is 14.4 Å². The van der Waals surface area contributed by atoms with Gasteiger partial charge in [-0.2, -0.15) is 5.26 Å². The zero-order chi connectivity index (χ0) is 24.1. The third-order valence-electron chi connectivity index (χ3n) is 7.26. The smallest absolute Gasteiger partial charge is 0.212 e. The Bertz CT molecular complexity index is 1440. The van der Waals surface area contributed by atoms with Gasteiger partial charge in [0.15, 0.2) is 11.6 Å². The number of hydrogen-bond donors (Lipinski definition) is 1. The molecular formula is C27H25FN6O. The van der Waals surface area contributed by atoms with E-state index in [1.165, 1.54) is 13.2 Å². The zero-order valence-corrected chi connectivity index (χ0v) is 19.4. The van der Waals surface area contributed by atoms with Gasteiger partial charge >= 0.3 is 0 Å². The highest BCUT2D eigenvalue weighted by atomic mass is 19.1. The minimum atomic E-state index is -0.451. The molecule has 0 spiro atoms. The molecule has 0 amide bonds. The van der Waals surface area contributed by atoms with E-state index in [2.05, 4.69) is 11.0 Å². The van der Waals surface area contributed by atoms with E-state index < -0.39 is 5.82 Å². The number of aromatic nitrogens is 3. The van der Waals surface area contributed by atoms with E-state index in [0.29, 0.717) is 34.6 Å². The summed E-state index contributed by atoms with van der Waals surface area (Å²) in [5, 5.41) is 9.28. The van der Waals surface area contributed by atoms with Gasteiger partial charge in [0.1, 0.15) is 5.65 Å². The summed E-state index contributed by atoms with van der Waals surface area (Å²) in [4.78, 5) is 12.3. The van der Waals surface area contributed by atoms with Crippen LogP contribution in [0.4, 0.5) is 10.3 Å². The lowest BCUT2D eigenvalue weighted by Crippen LogP contribution is -2.48. The molecule has 6 rings (SSSR count). The number of nitrogens with two attached hydrogens (primary N) is 1. The van der Waals surface area contributed by atoms with Gasteiger partial charge in [-0.15, -0.1) is 0 Å². The molecule has 2 fully saturated rings. The Morgan fingerprint density at radius 3 is 2.46 bits per heavy atom. The van der Waals surface area contributed by atoms with Crippen molar-refractivity contribution in [2.24, 2.45) is 5.73 Å². The number of benzene rings is 2. The second kappa shape index (κ2) is 8.36. The molecule has 4 aromatic rings. The summed E-state index contributed by atoms with van der Waals surface area (Å²) < 4.78 is 21.9. The Hall–Kier alpha value is -3.96. The molecule has 2 aliphatic rings. The first-order valence-corrected chi connectivity index (χ1v) is 11.8. The zero-order valence-electron chi connectivity index (χ0n) is 19.4. The lowest BCUT2D eigenvalue weighted by molar-refractivity contribution is 0.386. The molecule has 2 atom stereocenters. The summed E-state index contributed by atoms with van der Waals surface area (Å²) in [6.45, 7) is 0. The standard InChI is InChI=1S/C27H25FN6O/c1-35-23-9-6-18(12-22(23)28)24-25(17-4-2-16(15-29)3-5-17)32-27(33-11-10-31-26(24)33)34-20-7-8-21(34)14-19(30)13-20/h2-6,9-12,19-21H,7-8,13-14,30H2,1H3. The van der Waals surface area contributed by atoms with Crippen LogP contribution in [0.2, 0.25) is 0 Å². The van der Waals surface area contributed by atoms with Gasteiger partial charge in [-0.05, 0) is 55.5 Å². The molecule has 0 saturated carbocycles. The molecule has 2 saturated heterocycles. The monoisotopic (exact) mass is 468 g/mol. The average Bonchev–Trinajstić information content (AvgIpc) is 3.46. The van der Waals surface area contributed by atoms with Crippen molar-refractivity contribution in [3.8, 4) is 34.2 Å². The topological polar surface area (TPSA) is 92.5 Å². The summed E-state index contributed by atoms with van der Waals surface area (Å²) in [5.41, 5.74) is 10.5. The molecule has 2 aromatic carbocycles. The van der Waals surface area contributed by atoms with Gasteiger partial charge in [-0.3, -0.25) is 4.40 Å². The van der Waals surface area contributed by atoms with Crippen molar-refractivity contribution in [3.05, 3.63) is 66.2 Å². The number of halogens is 1. The van der Waals surface area contributed by atoms with E-state index in [1.807, 2.05) is 28.8 Å². The number of piperidine rings is 1. The minimum absolute atomic E-state index is 0.179. The molecule has 2 N–H and O–H groups in total. The molecule has 0 radical (unpaired) electrons. The maximum atomic E-state index is 14.8. The second-order valence-corrected chi connectivity index (χ2v) is 9.32. The van der Waals surface area contributed by atoms with Gasteiger partial charge in [0.25, 0.3) is 0 Å². The van der Waals surface area contributed by atoms with E-state index in [4.69, 9.17) is 20.4 Å². The Kier molecular flexibility index (Phi) is 5.15. The maximum absolute atomic E-state index is 14.8. The lowest BCUT2D eigenvalue weighted by Gasteiger charge is -2.39. The molecule has 35 heavy (non-hydrogen) atoms. The number of hydrogen-bond acceptors (Lipinski definition) is 6. The number of fused-ring (bicyclic) bond motifs is 3. The first-order chi connectivity index (χ1) is 17.1. The maximum Gasteiger partial charge on any atom is 0.212 e. The first-order valence-electron chi connectivity index (χ1n) is 11.8. The predicted octanol–water partition coefficient (Wildman–Crippen LogP) is 4.54. The molecule has 2 unspecified atom stereocenters. The van der Waals surface area contributed by atoms with Crippen molar-refractivity contribution in [1.29, 1.82) is 5.26 Å². The van der Waals surface area contributed by atoms with E-state index in [0.717, 1.165) is 42.8 Å². The number of methoxy groups -OCH3 is 1. The van der Waals surface area contributed by atoms with Crippen LogP contribution >= 0.6 is 0 Å². The molecule has 8 heteroatoms. The Morgan fingerprint density at radius 2 is 1.80 bits per heavy atom. The summed E-state index contributed by atoms with van der Waals surface area (Å²) in [7, 11) is 1.45. The van der Waals surface area contributed by atoms with Crippen LogP contribution in [0.3, 0.4) is 0 Å².